The van der Waals surface area contributed by atoms with E-state index in [0.29, 0.717) is 11.5 Å². The molecular formula is C21H30O3. The molecule has 0 amide bonds. The Morgan fingerprint density at radius 1 is 1.08 bits per heavy atom. The van der Waals surface area contributed by atoms with E-state index in [2.05, 4.69) is 13.8 Å². The van der Waals surface area contributed by atoms with Crippen LogP contribution in [0.3, 0.4) is 0 Å². The Labute approximate surface area is 145 Å². The average Bonchev–Trinajstić information content (AvgIpc) is 3.00. The van der Waals surface area contributed by atoms with Gasteiger partial charge in [0.1, 0.15) is 6.10 Å². The van der Waals surface area contributed by atoms with Gasteiger partial charge in [0.2, 0.25) is 0 Å². The number of hydrogen-bond donors (Lipinski definition) is 1. The monoisotopic (exact) mass is 330 g/mol. The smallest absolute Gasteiger partial charge is 0.338 e. The molecule has 3 rings (SSSR count). The Kier molecular flexibility index (Phi) is 5.00. The predicted octanol–water partition coefficient (Wildman–Crippen LogP) is 4.59. The van der Waals surface area contributed by atoms with Gasteiger partial charge in [-0.2, -0.15) is 0 Å². The van der Waals surface area contributed by atoms with Crippen molar-refractivity contribution in [3.8, 4) is 0 Å². The Morgan fingerprint density at radius 3 is 2.50 bits per heavy atom. The topological polar surface area (TPSA) is 46.5 Å². The van der Waals surface area contributed by atoms with Crippen LogP contribution in [0.25, 0.3) is 0 Å². The molecule has 0 bridgehead atoms. The summed E-state index contributed by atoms with van der Waals surface area (Å²) < 4.78 is 6.04. The number of rotatable bonds is 4. The van der Waals surface area contributed by atoms with E-state index in [1.54, 1.807) is 0 Å². The molecular weight excluding hydrogens is 300 g/mol. The number of carbonyl (C=O) groups is 1. The van der Waals surface area contributed by atoms with Crippen LogP contribution in [0, 0.1) is 16.7 Å². The summed E-state index contributed by atoms with van der Waals surface area (Å²) in [6, 6.07) is 9.28. The van der Waals surface area contributed by atoms with Gasteiger partial charge in [-0.15, -0.1) is 0 Å². The lowest BCUT2D eigenvalue weighted by atomic mass is 9.54. The van der Waals surface area contributed by atoms with Gasteiger partial charge in [0.15, 0.2) is 0 Å². The molecule has 0 heterocycles. The first-order valence-corrected chi connectivity index (χ1v) is 9.38. The summed E-state index contributed by atoms with van der Waals surface area (Å²) >= 11 is 0. The highest BCUT2D eigenvalue weighted by atomic mass is 16.5. The minimum Gasteiger partial charge on any atom is -0.458 e. The lowest BCUT2D eigenvalue weighted by Crippen LogP contribution is -2.52. The van der Waals surface area contributed by atoms with Crippen LogP contribution in [0.2, 0.25) is 0 Å². The molecule has 2 aliphatic carbocycles. The first kappa shape index (κ1) is 17.5. The molecule has 0 saturated heterocycles. The zero-order chi connectivity index (χ0) is 17.2. The SMILES string of the molecule is C[C@]1([C@@]2(C)CCCC[C@H]2OC(=O)c2ccccc2)CCC[C@H]1CO. The molecule has 1 aromatic rings. The maximum absolute atomic E-state index is 12.6. The largest absolute Gasteiger partial charge is 0.458 e. The maximum Gasteiger partial charge on any atom is 0.338 e. The minimum atomic E-state index is -0.212. The molecule has 24 heavy (non-hydrogen) atoms. The van der Waals surface area contributed by atoms with E-state index in [-0.39, 0.29) is 29.5 Å². The van der Waals surface area contributed by atoms with E-state index in [1.807, 2.05) is 30.3 Å². The molecule has 0 aliphatic heterocycles. The first-order valence-electron chi connectivity index (χ1n) is 9.38. The van der Waals surface area contributed by atoms with Gasteiger partial charge >= 0.3 is 5.97 Å². The zero-order valence-electron chi connectivity index (χ0n) is 15.0. The van der Waals surface area contributed by atoms with Crippen molar-refractivity contribution >= 4 is 5.97 Å². The fourth-order valence-electron chi connectivity index (χ4n) is 5.20. The molecule has 0 radical (unpaired) electrons. The lowest BCUT2D eigenvalue weighted by Gasteiger charge is -2.53. The molecule has 1 N–H and O–H groups in total. The lowest BCUT2D eigenvalue weighted by molar-refractivity contribution is -0.116. The van der Waals surface area contributed by atoms with Crippen molar-refractivity contribution in [2.75, 3.05) is 6.61 Å². The molecule has 2 fully saturated rings. The second kappa shape index (κ2) is 6.87. The van der Waals surface area contributed by atoms with Gasteiger partial charge in [0.05, 0.1) is 5.56 Å². The molecule has 0 spiro atoms. The van der Waals surface area contributed by atoms with Gasteiger partial charge in [-0.25, -0.2) is 4.79 Å². The van der Waals surface area contributed by atoms with Crippen molar-refractivity contribution in [2.45, 2.75) is 64.9 Å². The summed E-state index contributed by atoms with van der Waals surface area (Å²) in [6.45, 7) is 4.85. The van der Waals surface area contributed by atoms with Crippen LogP contribution < -0.4 is 0 Å². The van der Waals surface area contributed by atoms with Crippen molar-refractivity contribution in [3.05, 3.63) is 35.9 Å². The summed E-state index contributed by atoms with van der Waals surface area (Å²) in [6.07, 6.45) is 7.62. The van der Waals surface area contributed by atoms with Gasteiger partial charge in [0, 0.05) is 12.0 Å². The molecule has 3 heteroatoms. The zero-order valence-corrected chi connectivity index (χ0v) is 15.0. The molecule has 3 nitrogen and oxygen atoms in total. The average molecular weight is 330 g/mol. The predicted molar refractivity (Wildman–Crippen MR) is 94.8 cm³/mol. The molecule has 2 aliphatic rings. The number of aliphatic hydroxyl groups excluding tert-OH is 1. The van der Waals surface area contributed by atoms with E-state index >= 15 is 0 Å². The van der Waals surface area contributed by atoms with Gasteiger partial charge in [-0.1, -0.05) is 44.9 Å². The number of benzene rings is 1. The summed E-state index contributed by atoms with van der Waals surface area (Å²) in [5.74, 6) is 0.106. The van der Waals surface area contributed by atoms with Gasteiger partial charge in [-0.05, 0) is 55.6 Å². The fraction of sp³-hybridized carbons (Fsp3) is 0.667. The van der Waals surface area contributed by atoms with Crippen molar-refractivity contribution in [1.29, 1.82) is 0 Å². The first-order chi connectivity index (χ1) is 11.5. The Hall–Kier alpha value is -1.35. The molecule has 2 saturated carbocycles. The number of carbonyl (C=O) groups excluding carboxylic acids is 1. The number of hydrogen-bond acceptors (Lipinski definition) is 3. The van der Waals surface area contributed by atoms with E-state index in [1.165, 1.54) is 6.42 Å². The van der Waals surface area contributed by atoms with E-state index < -0.39 is 0 Å². The van der Waals surface area contributed by atoms with Gasteiger partial charge in [0.25, 0.3) is 0 Å². The number of aliphatic hydroxyl groups is 1. The van der Waals surface area contributed by atoms with Crippen LogP contribution in [-0.4, -0.2) is 23.8 Å². The van der Waals surface area contributed by atoms with Crippen LogP contribution in [0.1, 0.15) is 69.2 Å². The van der Waals surface area contributed by atoms with E-state index in [0.717, 1.165) is 38.5 Å². The summed E-state index contributed by atoms with van der Waals surface area (Å²) in [7, 11) is 0. The van der Waals surface area contributed by atoms with Crippen molar-refractivity contribution < 1.29 is 14.6 Å². The highest BCUT2D eigenvalue weighted by Crippen LogP contribution is 2.60. The summed E-state index contributed by atoms with van der Waals surface area (Å²) in [4.78, 5) is 12.6. The molecule has 1 aromatic carbocycles. The third-order valence-electron chi connectivity index (χ3n) is 7.06. The van der Waals surface area contributed by atoms with Crippen molar-refractivity contribution in [3.63, 3.8) is 0 Å². The van der Waals surface area contributed by atoms with Crippen molar-refractivity contribution in [2.24, 2.45) is 16.7 Å². The molecule has 132 valence electrons. The highest BCUT2D eigenvalue weighted by Gasteiger charge is 2.56. The Morgan fingerprint density at radius 2 is 1.79 bits per heavy atom. The second-order valence-corrected chi connectivity index (χ2v) is 8.11. The van der Waals surface area contributed by atoms with Crippen LogP contribution in [0.15, 0.2) is 30.3 Å². The number of ether oxygens (including phenoxy) is 1. The molecule has 0 unspecified atom stereocenters. The summed E-state index contributed by atoms with van der Waals surface area (Å²) in [5.41, 5.74) is 0.615. The summed E-state index contributed by atoms with van der Waals surface area (Å²) in [5, 5.41) is 9.89. The maximum atomic E-state index is 12.6. The molecule has 4 atom stereocenters. The Balaban J connectivity index is 1.84. The van der Waals surface area contributed by atoms with Gasteiger partial charge < -0.3 is 9.84 Å². The van der Waals surface area contributed by atoms with Gasteiger partial charge in [-0.3, -0.25) is 0 Å². The highest BCUT2D eigenvalue weighted by molar-refractivity contribution is 5.89. The van der Waals surface area contributed by atoms with Crippen LogP contribution in [0.5, 0.6) is 0 Å². The third-order valence-corrected chi connectivity index (χ3v) is 7.06. The fourth-order valence-corrected chi connectivity index (χ4v) is 5.20. The second-order valence-electron chi connectivity index (χ2n) is 8.11. The number of esters is 1. The Bertz CT molecular complexity index is 570. The minimum absolute atomic E-state index is 0.0454. The van der Waals surface area contributed by atoms with Crippen LogP contribution in [-0.2, 0) is 4.74 Å². The van der Waals surface area contributed by atoms with Crippen LogP contribution in [0.4, 0.5) is 0 Å². The van der Waals surface area contributed by atoms with Crippen molar-refractivity contribution in [1.82, 2.24) is 0 Å². The standard InChI is InChI=1S/C21H30O3/c1-20(14-8-11-17(20)15-22)21(2)13-7-6-12-18(21)24-19(23)16-9-4-3-5-10-16/h3-5,9-10,17-18,22H,6-8,11-15H2,1-2H3/t17-,18+,20-,21-/m0/s1. The van der Waals surface area contributed by atoms with Crippen LogP contribution >= 0.6 is 0 Å². The quantitative estimate of drug-likeness (QED) is 0.821. The molecule has 0 aromatic heterocycles. The normalized spacial score (nSPS) is 36.5. The van der Waals surface area contributed by atoms with E-state index in [4.69, 9.17) is 4.74 Å². The van der Waals surface area contributed by atoms with E-state index in [9.17, 15) is 9.90 Å². The third kappa shape index (κ3) is 2.88.